The lowest BCUT2D eigenvalue weighted by molar-refractivity contribution is 0.311. The second-order valence-electron chi connectivity index (χ2n) is 5.33. The van der Waals surface area contributed by atoms with Crippen LogP contribution in [0.15, 0.2) is 18.3 Å². The Bertz CT molecular complexity index is 423. The lowest BCUT2D eigenvalue weighted by atomic mass is 9.86. The fraction of sp³-hybridized carbons (Fsp3) is 0.571. The maximum absolute atomic E-state index is 5.62. The molecule has 4 heteroatoms. The quantitative estimate of drug-likeness (QED) is 0.851. The van der Waals surface area contributed by atoms with Crippen LogP contribution in [0, 0.1) is 11.8 Å². The first-order chi connectivity index (χ1) is 8.58. The van der Waals surface area contributed by atoms with Crippen LogP contribution in [0.3, 0.4) is 0 Å². The van der Waals surface area contributed by atoms with Crippen LogP contribution in [0.4, 0.5) is 5.69 Å². The van der Waals surface area contributed by atoms with E-state index < -0.39 is 0 Å². The topological polar surface area (TPSA) is 42.2 Å². The molecule has 18 heavy (non-hydrogen) atoms. The van der Waals surface area contributed by atoms with Gasteiger partial charge in [0.25, 0.3) is 0 Å². The Balaban J connectivity index is 2.05. The van der Waals surface area contributed by atoms with Crippen molar-refractivity contribution in [2.45, 2.75) is 26.7 Å². The van der Waals surface area contributed by atoms with Gasteiger partial charge in [0.05, 0.1) is 5.69 Å². The van der Waals surface area contributed by atoms with E-state index in [1.54, 1.807) is 6.20 Å². The van der Waals surface area contributed by atoms with Gasteiger partial charge in [-0.2, -0.15) is 0 Å². The number of anilines is 1. The molecular formula is C14H21N3S. The summed E-state index contributed by atoms with van der Waals surface area (Å²) < 4.78 is 0. The summed E-state index contributed by atoms with van der Waals surface area (Å²) in [4.78, 5) is 6.96. The molecule has 2 N–H and O–H groups in total. The Hall–Kier alpha value is -1.16. The molecule has 3 nitrogen and oxygen atoms in total. The molecule has 2 rings (SSSR count). The molecule has 2 heterocycles. The maximum Gasteiger partial charge on any atom is 0.122 e. The molecule has 0 amide bonds. The second-order valence-corrected chi connectivity index (χ2v) is 5.77. The standard InChI is InChI=1S/C14H21N3S/c1-10(2)11-4-7-17(8-5-11)12-3-6-16-13(9-12)14(15)18/h3,6,9-11H,4-5,7-8H2,1-2H3,(H2,15,18). The van der Waals surface area contributed by atoms with Gasteiger partial charge in [0.2, 0.25) is 0 Å². The van der Waals surface area contributed by atoms with E-state index in [4.69, 9.17) is 18.0 Å². The Labute approximate surface area is 114 Å². The summed E-state index contributed by atoms with van der Waals surface area (Å²) >= 11 is 4.97. The number of thiocarbonyl (C=S) groups is 1. The third-order valence-electron chi connectivity index (χ3n) is 3.84. The van der Waals surface area contributed by atoms with Gasteiger partial charge in [0.15, 0.2) is 0 Å². The first kappa shape index (κ1) is 13.3. The smallest absolute Gasteiger partial charge is 0.122 e. The number of piperidine rings is 1. The van der Waals surface area contributed by atoms with E-state index in [9.17, 15) is 0 Å². The van der Waals surface area contributed by atoms with Gasteiger partial charge < -0.3 is 10.6 Å². The Kier molecular flexibility index (Phi) is 4.17. The third-order valence-corrected chi connectivity index (χ3v) is 4.05. The SMILES string of the molecule is CC(C)C1CCN(c2ccnc(C(N)=S)c2)CC1. The number of hydrogen-bond donors (Lipinski definition) is 1. The van der Waals surface area contributed by atoms with Crippen LogP contribution in [0.2, 0.25) is 0 Å². The lowest BCUT2D eigenvalue weighted by Crippen LogP contribution is -2.35. The molecule has 0 spiro atoms. The van der Waals surface area contributed by atoms with Crippen LogP contribution >= 0.6 is 12.2 Å². The minimum atomic E-state index is 0.369. The molecule has 0 unspecified atom stereocenters. The van der Waals surface area contributed by atoms with Gasteiger partial charge >= 0.3 is 0 Å². The Morgan fingerprint density at radius 3 is 2.67 bits per heavy atom. The van der Waals surface area contributed by atoms with Gasteiger partial charge in [-0.05, 0) is 36.8 Å². The first-order valence-electron chi connectivity index (χ1n) is 6.58. The number of aromatic nitrogens is 1. The molecule has 1 aromatic heterocycles. The summed E-state index contributed by atoms with van der Waals surface area (Å²) in [7, 11) is 0. The average Bonchev–Trinajstić information content (AvgIpc) is 2.39. The Morgan fingerprint density at radius 1 is 1.44 bits per heavy atom. The van der Waals surface area contributed by atoms with E-state index in [1.807, 2.05) is 12.1 Å². The number of nitrogens with zero attached hydrogens (tertiary/aromatic N) is 2. The zero-order valence-corrected chi connectivity index (χ0v) is 11.9. The van der Waals surface area contributed by atoms with Crippen LogP contribution in [0.1, 0.15) is 32.4 Å². The molecule has 0 radical (unpaired) electrons. The van der Waals surface area contributed by atoms with E-state index in [0.29, 0.717) is 10.7 Å². The monoisotopic (exact) mass is 263 g/mol. The van der Waals surface area contributed by atoms with Crippen molar-refractivity contribution in [1.29, 1.82) is 0 Å². The molecule has 1 aliphatic rings. The molecule has 0 aliphatic carbocycles. The summed E-state index contributed by atoms with van der Waals surface area (Å²) in [6, 6.07) is 4.04. The van der Waals surface area contributed by atoms with Gasteiger partial charge in [0.1, 0.15) is 4.99 Å². The molecule has 0 bridgehead atoms. The summed E-state index contributed by atoms with van der Waals surface area (Å²) in [6.45, 7) is 6.86. The molecule has 1 fully saturated rings. The van der Waals surface area contributed by atoms with Gasteiger partial charge in [-0.15, -0.1) is 0 Å². The van der Waals surface area contributed by atoms with Crippen molar-refractivity contribution in [2.24, 2.45) is 17.6 Å². The van der Waals surface area contributed by atoms with Crippen LogP contribution < -0.4 is 10.6 Å². The molecule has 1 aliphatic heterocycles. The minimum Gasteiger partial charge on any atom is -0.388 e. The molecule has 0 aromatic carbocycles. The highest BCUT2D eigenvalue weighted by atomic mass is 32.1. The first-order valence-corrected chi connectivity index (χ1v) is 6.99. The fourth-order valence-corrected chi connectivity index (χ4v) is 2.69. The van der Waals surface area contributed by atoms with Gasteiger partial charge in [-0.25, -0.2) is 0 Å². The predicted molar refractivity (Wildman–Crippen MR) is 79.9 cm³/mol. The molecule has 98 valence electrons. The van der Waals surface area contributed by atoms with Crippen LogP contribution in [0.25, 0.3) is 0 Å². The van der Waals surface area contributed by atoms with Crippen molar-refractivity contribution >= 4 is 22.9 Å². The maximum atomic E-state index is 5.62. The Morgan fingerprint density at radius 2 is 2.11 bits per heavy atom. The van der Waals surface area contributed by atoms with Crippen molar-refractivity contribution in [3.8, 4) is 0 Å². The molecule has 0 atom stereocenters. The van der Waals surface area contributed by atoms with E-state index >= 15 is 0 Å². The van der Waals surface area contributed by atoms with Crippen molar-refractivity contribution in [1.82, 2.24) is 4.98 Å². The second kappa shape index (κ2) is 5.65. The number of pyridine rings is 1. The van der Waals surface area contributed by atoms with Gasteiger partial charge in [-0.3, -0.25) is 4.98 Å². The van der Waals surface area contributed by atoms with E-state index in [2.05, 4.69) is 23.7 Å². The number of nitrogens with two attached hydrogens (primary N) is 1. The fourth-order valence-electron chi connectivity index (χ4n) is 2.58. The van der Waals surface area contributed by atoms with Gasteiger partial charge in [-0.1, -0.05) is 26.1 Å². The summed E-state index contributed by atoms with van der Waals surface area (Å²) in [5.41, 5.74) is 7.53. The van der Waals surface area contributed by atoms with Crippen molar-refractivity contribution in [3.05, 3.63) is 24.0 Å². The summed E-state index contributed by atoms with van der Waals surface area (Å²) in [5.74, 6) is 1.65. The average molecular weight is 263 g/mol. The minimum absolute atomic E-state index is 0.369. The third kappa shape index (κ3) is 2.99. The van der Waals surface area contributed by atoms with Crippen molar-refractivity contribution in [2.75, 3.05) is 18.0 Å². The highest BCUT2D eigenvalue weighted by Gasteiger charge is 2.21. The molecule has 1 aromatic rings. The lowest BCUT2D eigenvalue weighted by Gasteiger charge is -2.35. The predicted octanol–water partition coefficient (Wildman–Crippen LogP) is 2.59. The molecule has 1 saturated heterocycles. The van der Waals surface area contributed by atoms with E-state index in [0.717, 1.165) is 24.9 Å². The largest absolute Gasteiger partial charge is 0.388 e. The van der Waals surface area contributed by atoms with Gasteiger partial charge in [0, 0.05) is 25.0 Å². The van der Waals surface area contributed by atoms with E-state index in [-0.39, 0.29) is 0 Å². The highest BCUT2D eigenvalue weighted by Crippen LogP contribution is 2.27. The van der Waals surface area contributed by atoms with Crippen LogP contribution in [-0.2, 0) is 0 Å². The van der Waals surface area contributed by atoms with Crippen LogP contribution in [0.5, 0.6) is 0 Å². The summed E-state index contributed by atoms with van der Waals surface area (Å²) in [5, 5.41) is 0. The molecule has 0 saturated carbocycles. The van der Waals surface area contributed by atoms with Crippen LogP contribution in [-0.4, -0.2) is 23.1 Å². The zero-order chi connectivity index (χ0) is 13.1. The highest BCUT2D eigenvalue weighted by molar-refractivity contribution is 7.80. The molecular weight excluding hydrogens is 242 g/mol. The zero-order valence-electron chi connectivity index (χ0n) is 11.1. The van der Waals surface area contributed by atoms with Crippen molar-refractivity contribution in [3.63, 3.8) is 0 Å². The number of rotatable bonds is 3. The van der Waals surface area contributed by atoms with Crippen molar-refractivity contribution < 1.29 is 0 Å². The number of hydrogen-bond acceptors (Lipinski definition) is 3. The normalized spacial score (nSPS) is 17.2. The van der Waals surface area contributed by atoms with E-state index in [1.165, 1.54) is 18.5 Å². The summed E-state index contributed by atoms with van der Waals surface area (Å²) in [6.07, 6.45) is 4.32.